The smallest absolute Gasteiger partial charge is 0.311 e. The summed E-state index contributed by atoms with van der Waals surface area (Å²) in [5.74, 6) is 1.30. The summed E-state index contributed by atoms with van der Waals surface area (Å²) in [5.41, 5.74) is 1.87. The fourth-order valence-corrected chi connectivity index (χ4v) is 3.12. The van der Waals surface area contributed by atoms with Gasteiger partial charge in [0, 0.05) is 12.5 Å². The number of rotatable bonds is 8. The van der Waals surface area contributed by atoms with Gasteiger partial charge in [-0.1, -0.05) is 12.1 Å². The summed E-state index contributed by atoms with van der Waals surface area (Å²) in [6.45, 7) is 11.2. The van der Waals surface area contributed by atoms with Crippen LogP contribution in [-0.2, 0) is 9.53 Å². The zero-order valence-corrected chi connectivity index (χ0v) is 17.4. The molecule has 1 atom stereocenters. The number of esters is 1. The Morgan fingerprint density at radius 3 is 2.77 bits per heavy atom. The monoisotopic (exact) mass is 383 g/mol. The van der Waals surface area contributed by atoms with E-state index in [0.717, 1.165) is 43.7 Å². The highest BCUT2D eigenvalue weighted by Crippen LogP contribution is 2.26. The molecular weight excluding hydrogens is 350 g/mol. The first-order valence-corrected chi connectivity index (χ1v) is 9.46. The first-order chi connectivity index (χ1) is 11.9. The third-order valence-corrected chi connectivity index (χ3v) is 4.95. The highest BCUT2D eigenvalue weighted by molar-refractivity contribution is 5.85. The molecule has 5 heteroatoms. The van der Waals surface area contributed by atoms with Crippen LogP contribution in [0.1, 0.15) is 50.7 Å². The fourth-order valence-electron chi connectivity index (χ4n) is 3.12. The van der Waals surface area contributed by atoms with E-state index in [0.29, 0.717) is 19.1 Å². The molecule has 1 heterocycles. The van der Waals surface area contributed by atoms with Gasteiger partial charge in [0.25, 0.3) is 0 Å². The first kappa shape index (κ1) is 22.8. The lowest BCUT2D eigenvalue weighted by Crippen LogP contribution is -2.35. The molecule has 0 radical (unpaired) electrons. The molecule has 1 aromatic carbocycles. The van der Waals surface area contributed by atoms with Crippen LogP contribution in [0.3, 0.4) is 0 Å². The normalized spacial score (nSPS) is 17.3. The van der Waals surface area contributed by atoms with Gasteiger partial charge in [0.2, 0.25) is 0 Å². The third-order valence-electron chi connectivity index (χ3n) is 4.95. The van der Waals surface area contributed by atoms with Gasteiger partial charge in [-0.2, -0.15) is 0 Å². The highest BCUT2D eigenvalue weighted by atomic mass is 35.5. The Kier molecular flexibility index (Phi) is 9.45. The second-order valence-electron chi connectivity index (χ2n) is 7.92. The van der Waals surface area contributed by atoms with E-state index in [2.05, 4.69) is 37.4 Å². The van der Waals surface area contributed by atoms with Crippen molar-refractivity contribution in [2.45, 2.75) is 53.4 Å². The zero-order chi connectivity index (χ0) is 18.3. The Labute approximate surface area is 164 Å². The number of ether oxygens (including phenoxy) is 2. The SMILES string of the molecule is Cc1ccc(C)c(OCCCC(C)(C)C(=O)OCC2CCCNC2)c1.Cl. The lowest BCUT2D eigenvalue weighted by Gasteiger charge is -2.26. The van der Waals surface area contributed by atoms with Crippen molar-refractivity contribution in [3.05, 3.63) is 29.3 Å². The Bertz CT molecular complexity index is 568. The lowest BCUT2D eigenvalue weighted by molar-refractivity contribution is -0.156. The number of benzene rings is 1. The van der Waals surface area contributed by atoms with Crippen LogP contribution in [-0.4, -0.2) is 32.3 Å². The lowest BCUT2D eigenvalue weighted by atomic mass is 9.88. The average molecular weight is 384 g/mol. The number of carbonyl (C=O) groups excluding carboxylic acids is 1. The predicted molar refractivity (Wildman–Crippen MR) is 108 cm³/mol. The van der Waals surface area contributed by atoms with E-state index in [-0.39, 0.29) is 18.4 Å². The highest BCUT2D eigenvalue weighted by Gasteiger charge is 2.29. The Balaban J connectivity index is 0.00000338. The minimum atomic E-state index is -0.465. The molecule has 1 aliphatic rings. The van der Waals surface area contributed by atoms with Crippen LogP contribution in [0, 0.1) is 25.2 Å². The van der Waals surface area contributed by atoms with E-state index < -0.39 is 5.41 Å². The van der Waals surface area contributed by atoms with Gasteiger partial charge < -0.3 is 14.8 Å². The summed E-state index contributed by atoms with van der Waals surface area (Å²) >= 11 is 0. The molecule has 0 aliphatic carbocycles. The van der Waals surface area contributed by atoms with E-state index in [9.17, 15) is 4.79 Å². The van der Waals surface area contributed by atoms with E-state index in [1.807, 2.05) is 13.8 Å². The first-order valence-electron chi connectivity index (χ1n) is 9.46. The molecular formula is C21H34ClNO3. The van der Waals surface area contributed by atoms with Crippen LogP contribution in [0.2, 0.25) is 0 Å². The molecule has 1 N–H and O–H groups in total. The summed E-state index contributed by atoms with van der Waals surface area (Å²) in [7, 11) is 0. The Morgan fingerprint density at radius 1 is 1.31 bits per heavy atom. The van der Waals surface area contributed by atoms with E-state index in [4.69, 9.17) is 9.47 Å². The van der Waals surface area contributed by atoms with Gasteiger partial charge in [-0.05, 0) is 77.1 Å². The van der Waals surface area contributed by atoms with Gasteiger partial charge in [-0.25, -0.2) is 0 Å². The number of carbonyl (C=O) groups is 1. The topological polar surface area (TPSA) is 47.6 Å². The maximum absolute atomic E-state index is 12.4. The van der Waals surface area contributed by atoms with Crippen molar-refractivity contribution in [3.8, 4) is 5.75 Å². The van der Waals surface area contributed by atoms with Crippen molar-refractivity contribution in [2.75, 3.05) is 26.3 Å². The number of halogens is 1. The Morgan fingerprint density at radius 2 is 2.08 bits per heavy atom. The molecule has 2 rings (SSSR count). The second-order valence-corrected chi connectivity index (χ2v) is 7.92. The second kappa shape index (κ2) is 10.8. The fraction of sp³-hybridized carbons (Fsp3) is 0.667. The minimum absolute atomic E-state index is 0. The van der Waals surface area contributed by atoms with Gasteiger partial charge in [0.05, 0.1) is 18.6 Å². The van der Waals surface area contributed by atoms with E-state index in [1.165, 1.54) is 12.0 Å². The quantitative estimate of drug-likeness (QED) is 0.532. The van der Waals surface area contributed by atoms with Crippen LogP contribution >= 0.6 is 12.4 Å². The van der Waals surface area contributed by atoms with Gasteiger partial charge >= 0.3 is 5.97 Å². The molecule has 1 aromatic rings. The predicted octanol–water partition coefficient (Wildman–Crippen LogP) is 4.45. The molecule has 0 aromatic heterocycles. The molecule has 0 bridgehead atoms. The standard InChI is InChI=1S/C21H33NO3.ClH/c1-16-8-9-17(2)19(13-16)24-12-6-10-21(3,4)20(23)25-15-18-7-5-11-22-14-18;/h8-9,13,18,22H,5-7,10-12,14-15H2,1-4H3;1H. The van der Waals surface area contributed by atoms with Crippen LogP contribution in [0.5, 0.6) is 5.75 Å². The maximum atomic E-state index is 12.4. The average Bonchev–Trinajstić information content (AvgIpc) is 2.60. The van der Waals surface area contributed by atoms with Crippen LogP contribution in [0.15, 0.2) is 18.2 Å². The third kappa shape index (κ3) is 7.16. The van der Waals surface area contributed by atoms with E-state index >= 15 is 0 Å². The molecule has 148 valence electrons. The van der Waals surface area contributed by atoms with Crippen LogP contribution in [0.25, 0.3) is 0 Å². The summed E-state index contributed by atoms with van der Waals surface area (Å²) in [5, 5.41) is 3.36. The Hall–Kier alpha value is -1.26. The largest absolute Gasteiger partial charge is 0.493 e. The summed E-state index contributed by atoms with van der Waals surface area (Å²) in [4.78, 5) is 12.4. The molecule has 1 saturated heterocycles. The van der Waals surface area contributed by atoms with Crippen LogP contribution < -0.4 is 10.1 Å². The zero-order valence-electron chi connectivity index (χ0n) is 16.6. The minimum Gasteiger partial charge on any atom is -0.493 e. The van der Waals surface area contributed by atoms with Crippen molar-refractivity contribution in [3.63, 3.8) is 0 Å². The van der Waals surface area contributed by atoms with Gasteiger partial charge in [0.1, 0.15) is 5.75 Å². The summed E-state index contributed by atoms with van der Waals surface area (Å²) in [6.07, 6.45) is 3.91. The summed E-state index contributed by atoms with van der Waals surface area (Å²) < 4.78 is 11.5. The maximum Gasteiger partial charge on any atom is 0.311 e. The van der Waals surface area contributed by atoms with Gasteiger partial charge in [-0.3, -0.25) is 4.79 Å². The molecule has 1 aliphatic heterocycles. The van der Waals surface area contributed by atoms with Crippen molar-refractivity contribution in [1.82, 2.24) is 5.32 Å². The number of aryl methyl sites for hydroxylation is 2. The van der Waals surface area contributed by atoms with Crippen molar-refractivity contribution >= 4 is 18.4 Å². The molecule has 0 saturated carbocycles. The molecule has 0 spiro atoms. The van der Waals surface area contributed by atoms with Crippen molar-refractivity contribution in [1.29, 1.82) is 0 Å². The summed E-state index contributed by atoms with van der Waals surface area (Å²) in [6, 6.07) is 6.22. The number of nitrogens with one attached hydrogen (secondary N) is 1. The number of piperidine rings is 1. The molecule has 4 nitrogen and oxygen atoms in total. The van der Waals surface area contributed by atoms with Crippen LogP contribution in [0.4, 0.5) is 0 Å². The molecule has 0 amide bonds. The van der Waals surface area contributed by atoms with Crippen molar-refractivity contribution < 1.29 is 14.3 Å². The van der Waals surface area contributed by atoms with Gasteiger partial charge in [0.15, 0.2) is 0 Å². The number of hydrogen-bond donors (Lipinski definition) is 1. The molecule has 26 heavy (non-hydrogen) atoms. The molecule has 1 unspecified atom stereocenters. The molecule has 1 fully saturated rings. The van der Waals surface area contributed by atoms with Crippen molar-refractivity contribution in [2.24, 2.45) is 11.3 Å². The number of hydrogen-bond acceptors (Lipinski definition) is 4. The van der Waals surface area contributed by atoms with Gasteiger partial charge in [-0.15, -0.1) is 12.4 Å². The van der Waals surface area contributed by atoms with E-state index in [1.54, 1.807) is 0 Å².